The summed E-state index contributed by atoms with van der Waals surface area (Å²) in [5, 5.41) is 2.92. The van der Waals surface area contributed by atoms with Gasteiger partial charge in [-0.15, -0.1) is 0 Å². The van der Waals surface area contributed by atoms with Crippen LogP contribution in [0.3, 0.4) is 0 Å². The van der Waals surface area contributed by atoms with Gasteiger partial charge in [-0.25, -0.2) is 0 Å². The van der Waals surface area contributed by atoms with Crippen molar-refractivity contribution in [3.05, 3.63) is 65.5 Å². The molecule has 196 valence electrons. The molecule has 1 amide bonds. The molecule has 0 spiro atoms. The maximum atomic E-state index is 13.1. The minimum atomic E-state index is -0.201. The van der Waals surface area contributed by atoms with Gasteiger partial charge in [-0.3, -0.25) is 14.7 Å². The maximum Gasteiger partial charge on any atom is 0.270 e. The second kappa shape index (κ2) is 12.2. The fourth-order valence-electron chi connectivity index (χ4n) is 4.77. The lowest BCUT2D eigenvalue weighted by Gasteiger charge is -2.26. The van der Waals surface area contributed by atoms with Crippen molar-refractivity contribution in [2.24, 2.45) is 0 Å². The molecule has 2 heterocycles. The van der Waals surface area contributed by atoms with Crippen molar-refractivity contribution in [3.63, 3.8) is 0 Å². The van der Waals surface area contributed by atoms with Crippen LogP contribution in [0.1, 0.15) is 48.3 Å². The lowest BCUT2D eigenvalue weighted by molar-refractivity contribution is 0.0342. The molecule has 7 nitrogen and oxygen atoms in total. The third-order valence-electron chi connectivity index (χ3n) is 6.72. The molecule has 3 aromatic rings. The molecule has 37 heavy (non-hydrogen) atoms. The Hall–Kier alpha value is -3.42. The molecule has 0 aliphatic carbocycles. The third kappa shape index (κ3) is 5.95. The van der Waals surface area contributed by atoms with Gasteiger partial charge >= 0.3 is 0 Å². The fraction of sp³-hybridized carbons (Fsp3) is 0.400. The van der Waals surface area contributed by atoms with E-state index in [0.29, 0.717) is 18.0 Å². The Morgan fingerprint density at radius 2 is 1.73 bits per heavy atom. The average Bonchev–Trinajstić information content (AvgIpc) is 2.93. The van der Waals surface area contributed by atoms with Gasteiger partial charge in [0.25, 0.3) is 5.91 Å². The summed E-state index contributed by atoms with van der Waals surface area (Å²) in [5.74, 6) is 1.50. The number of nitrogens with zero attached hydrogens (tertiary/aromatic N) is 2. The van der Waals surface area contributed by atoms with Crippen LogP contribution in [0.2, 0.25) is 0 Å². The Labute approximate surface area is 219 Å². The molecule has 2 aromatic carbocycles. The zero-order chi connectivity index (χ0) is 26.4. The van der Waals surface area contributed by atoms with E-state index in [0.717, 1.165) is 66.4 Å². The topological polar surface area (TPSA) is 72.9 Å². The van der Waals surface area contributed by atoms with Crippen LogP contribution in [0.5, 0.6) is 11.5 Å². The number of pyridine rings is 1. The largest absolute Gasteiger partial charge is 0.496 e. The summed E-state index contributed by atoms with van der Waals surface area (Å²) in [6, 6.07) is 14.4. The quantitative estimate of drug-likeness (QED) is 0.436. The molecule has 0 unspecified atom stereocenters. The lowest BCUT2D eigenvalue weighted by atomic mass is 9.89. The van der Waals surface area contributed by atoms with E-state index >= 15 is 0 Å². The van der Waals surface area contributed by atoms with E-state index in [1.165, 1.54) is 5.56 Å². The summed E-state index contributed by atoms with van der Waals surface area (Å²) in [4.78, 5) is 20.1. The number of methoxy groups -OCH3 is 2. The summed E-state index contributed by atoms with van der Waals surface area (Å²) in [7, 11) is 3.32. The Morgan fingerprint density at radius 1 is 1.03 bits per heavy atom. The van der Waals surface area contributed by atoms with Gasteiger partial charge in [-0.2, -0.15) is 0 Å². The van der Waals surface area contributed by atoms with E-state index in [4.69, 9.17) is 14.2 Å². The molecule has 1 saturated heterocycles. The number of morpholine rings is 1. The van der Waals surface area contributed by atoms with Gasteiger partial charge in [-0.05, 0) is 47.2 Å². The highest BCUT2D eigenvalue weighted by atomic mass is 16.5. The Bertz CT molecular complexity index is 1220. The first-order valence-corrected chi connectivity index (χ1v) is 12.9. The average molecular weight is 504 g/mol. The predicted octanol–water partition coefficient (Wildman–Crippen LogP) is 5.14. The smallest absolute Gasteiger partial charge is 0.270 e. The summed E-state index contributed by atoms with van der Waals surface area (Å²) in [5.41, 5.74) is 6.18. The Balaban J connectivity index is 1.84. The SMILES string of the molecule is CCNC(=O)c1nccc(-c2cc(C(C)C)c(OC)cc2OC)c1-c1ccc(CN2CCOCC2)cc1. The number of ether oxygens (including phenoxy) is 3. The summed E-state index contributed by atoms with van der Waals surface area (Å²) >= 11 is 0. The maximum absolute atomic E-state index is 13.1. The molecular weight excluding hydrogens is 466 g/mol. The molecule has 1 aromatic heterocycles. The third-order valence-corrected chi connectivity index (χ3v) is 6.72. The molecule has 7 heteroatoms. The van der Waals surface area contributed by atoms with Crippen molar-refractivity contribution in [3.8, 4) is 33.8 Å². The van der Waals surface area contributed by atoms with Crippen molar-refractivity contribution in [2.75, 3.05) is 47.1 Å². The van der Waals surface area contributed by atoms with Crippen molar-refractivity contribution in [1.82, 2.24) is 15.2 Å². The number of hydrogen-bond acceptors (Lipinski definition) is 6. The van der Waals surface area contributed by atoms with Gasteiger partial charge < -0.3 is 19.5 Å². The van der Waals surface area contributed by atoms with E-state index in [2.05, 4.69) is 59.4 Å². The zero-order valence-electron chi connectivity index (χ0n) is 22.5. The number of amides is 1. The minimum Gasteiger partial charge on any atom is -0.496 e. The van der Waals surface area contributed by atoms with Gasteiger partial charge in [0.15, 0.2) is 0 Å². The standard InChI is InChI=1S/C30H37N3O4/c1-6-31-30(34)29-28(22-9-7-21(8-10-22)19-33-13-15-37-16-14-33)23(11-12-32-29)25-17-24(20(2)3)26(35-4)18-27(25)36-5/h7-12,17-18,20H,6,13-16,19H2,1-5H3,(H,31,34). The highest BCUT2D eigenvalue weighted by Gasteiger charge is 2.23. The first-order chi connectivity index (χ1) is 18.0. The van der Waals surface area contributed by atoms with Crippen molar-refractivity contribution < 1.29 is 19.0 Å². The first kappa shape index (κ1) is 26.6. The molecule has 0 atom stereocenters. The van der Waals surface area contributed by atoms with Gasteiger partial charge in [0.05, 0.1) is 27.4 Å². The van der Waals surface area contributed by atoms with Crippen molar-refractivity contribution >= 4 is 5.91 Å². The van der Waals surface area contributed by atoms with Crippen LogP contribution in [0.25, 0.3) is 22.3 Å². The second-order valence-electron chi connectivity index (χ2n) is 9.48. The minimum absolute atomic E-state index is 0.201. The number of rotatable bonds is 9. The highest BCUT2D eigenvalue weighted by molar-refractivity contribution is 6.03. The summed E-state index contributed by atoms with van der Waals surface area (Å²) in [6.07, 6.45) is 1.69. The van der Waals surface area contributed by atoms with Gasteiger partial charge in [0.1, 0.15) is 17.2 Å². The van der Waals surface area contributed by atoms with Crippen molar-refractivity contribution in [2.45, 2.75) is 33.2 Å². The van der Waals surface area contributed by atoms with Crippen LogP contribution in [0.4, 0.5) is 0 Å². The van der Waals surface area contributed by atoms with Crippen LogP contribution in [-0.2, 0) is 11.3 Å². The molecule has 4 rings (SSSR count). The number of carbonyl (C=O) groups excluding carboxylic acids is 1. The zero-order valence-corrected chi connectivity index (χ0v) is 22.5. The van der Waals surface area contributed by atoms with Crippen LogP contribution in [0.15, 0.2) is 48.7 Å². The van der Waals surface area contributed by atoms with E-state index in [9.17, 15) is 4.79 Å². The highest BCUT2D eigenvalue weighted by Crippen LogP contribution is 2.43. The molecule has 1 fully saturated rings. The van der Waals surface area contributed by atoms with E-state index < -0.39 is 0 Å². The predicted molar refractivity (Wildman–Crippen MR) is 146 cm³/mol. The van der Waals surface area contributed by atoms with Crippen LogP contribution >= 0.6 is 0 Å². The monoisotopic (exact) mass is 503 g/mol. The Morgan fingerprint density at radius 3 is 2.35 bits per heavy atom. The molecule has 0 saturated carbocycles. The molecule has 0 bridgehead atoms. The molecule has 0 radical (unpaired) electrons. The van der Waals surface area contributed by atoms with Gasteiger partial charge in [0, 0.05) is 49.6 Å². The summed E-state index contributed by atoms with van der Waals surface area (Å²) in [6.45, 7) is 11.0. The molecule has 1 N–H and O–H groups in total. The van der Waals surface area contributed by atoms with Gasteiger partial charge in [-0.1, -0.05) is 38.1 Å². The fourth-order valence-corrected chi connectivity index (χ4v) is 4.77. The number of hydrogen-bond donors (Lipinski definition) is 1. The lowest BCUT2D eigenvalue weighted by Crippen LogP contribution is -2.35. The normalized spacial score (nSPS) is 14.0. The first-order valence-electron chi connectivity index (χ1n) is 12.9. The van der Waals surface area contributed by atoms with Crippen molar-refractivity contribution in [1.29, 1.82) is 0 Å². The molecule has 1 aliphatic rings. The van der Waals surface area contributed by atoms with E-state index in [1.54, 1.807) is 20.4 Å². The number of nitrogens with one attached hydrogen (secondary N) is 1. The molecular formula is C30H37N3O4. The van der Waals surface area contributed by atoms with E-state index in [1.807, 2.05) is 19.1 Å². The molecule has 1 aliphatic heterocycles. The summed E-state index contributed by atoms with van der Waals surface area (Å²) < 4.78 is 16.9. The van der Waals surface area contributed by atoms with Crippen LogP contribution in [0, 0.1) is 0 Å². The number of benzene rings is 2. The van der Waals surface area contributed by atoms with Crippen LogP contribution in [-0.4, -0.2) is 62.9 Å². The van der Waals surface area contributed by atoms with E-state index in [-0.39, 0.29) is 11.8 Å². The Kier molecular flexibility index (Phi) is 8.79. The second-order valence-corrected chi connectivity index (χ2v) is 9.48. The number of aromatic nitrogens is 1. The van der Waals surface area contributed by atoms with Gasteiger partial charge in [0.2, 0.25) is 0 Å². The number of carbonyl (C=O) groups is 1. The van der Waals surface area contributed by atoms with Crippen LogP contribution < -0.4 is 14.8 Å².